The highest BCUT2D eigenvalue weighted by Gasteiger charge is 2.33. The number of aryl methyl sites for hydroxylation is 2. The van der Waals surface area contributed by atoms with Crippen LogP contribution in [-0.4, -0.2) is 17.4 Å². The summed E-state index contributed by atoms with van der Waals surface area (Å²) in [6.07, 6.45) is -2.12. The first-order valence-corrected chi connectivity index (χ1v) is 10.0. The van der Waals surface area contributed by atoms with Gasteiger partial charge in [-0.25, -0.2) is 0 Å². The zero-order chi connectivity index (χ0) is 22.3. The van der Waals surface area contributed by atoms with Gasteiger partial charge in [-0.1, -0.05) is 20.8 Å². The minimum absolute atomic E-state index is 0.0140. The molecule has 2 aromatic rings. The first-order chi connectivity index (χ1) is 13.8. The molecule has 1 aliphatic rings. The van der Waals surface area contributed by atoms with E-state index < -0.39 is 11.9 Å². The van der Waals surface area contributed by atoms with Gasteiger partial charge in [-0.05, 0) is 66.1 Å². The Balaban J connectivity index is 1.79. The summed E-state index contributed by atoms with van der Waals surface area (Å²) in [5.41, 5.74) is 4.32. The van der Waals surface area contributed by atoms with Gasteiger partial charge in [-0.15, -0.1) is 0 Å². The summed E-state index contributed by atoms with van der Waals surface area (Å²) in [5, 5.41) is 3.03. The number of carbonyl (C=O) groups excluding carboxylic acids is 1. The van der Waals surface area contributed by atoms with Crippen LogP contribution in [0.5, 0.6) is 0 Å². The monoisotopic (exact) mass is 419 g/mol. The van der Waals surface area contributed by atoms with E-state index >= 15 is 0 Å². The summed E-state index contributed by atoms with van der Waals surface area (Å²) < 4.78 is 38.7. The molecule has 0 aliphatic carbocycles. The van der Waals surface area contributed by atoms with E-state index in [1.165, 1.54) is 6.20 Å². The molecule has 0 spiro atoms. The van der Waals surface area contributed by atoms with Crippen molar-refractivity contribution in [3.8, 4) is 0 Å². The van der Waals surface area contributed by atoms with Crippen molar-refractivity contribution in [1.82, 2.24) is 4.98 Å². The Morgan fingerprint density at radius 2 is 1.73 bits per heavy atom. The molecule has 7 heteroatoms. The van der Waals surface area contributed by atoms with Crippen LogP contribution in [0, 0.1) is 19.3 Å². The number of benzene rings is 1. The molecule has 0 unspecified atom stereocenters. The predicted molar refractivity (Wildman–Crippen MR) is 113 cm³/mol. The molecule has 0 saturated carbocycles. The molecule has 1 aliphatic heterocycles. The van der Waals surface area contributed by atoms with E-state index in [1.807, 2.05) is 46.8 Å². The highest BCUT2D eigenvalue weighted by atomic mass is 19.4. The first kappa shape index (κ1) is 22.1. The Bertz CT molecular complexity index is 938. The summed E-state index contributed by atoms with van der Waals surface area (Å²) in [4.78, 5) is 18.1. The number of anilines is 2. The number of carbonyl (C=O) groups is 1. The molecular formula is C23H28F3N3O. The topological polar surface area (TPSA) is 45.2 Å². The number of nitrogens with zero attached hydrogens (tertiary/aromatic N) is 2. The zero-order valence-corrected chi connectivity index (χ0v) is 18.1. The summed E-state index contributed by atoms with van der Waals surface area (Å²) in [6, 6.07) is 5.20. The van der Waals surface area contributed by atoms with Gasteiger partial charge in [0.05, 0.1) is 0 Å². The van der Waals surface area contributed by atoms with Crippen molar-refractivity contribution in [2.75, 3.05) is 16.8 Å². The Hall–Kier alpha value is -2.57. The highest BCUT2D eigenvalue weighted by molar-refractivity contribution is 5.93. The summed E-state index contributed by atoms with van der Waals surface area (Å²) in [7, 11) is 0. The Morgan fingerprint density at radius 3 is 2.30 bits per heavy atom. The largest absolute Gasteiger partial charge is 0.433 e. The van der Waals surface area contributed by atoms with Crippen molar-refractivity contribution in [3.05, 3.63) is 52.3 Å². The van der Waals surface area contributed by atoms with Crippen LogP contribution in [0.15, 0.2) is 24.4 Å². The van der Waals surface area contributed by atoms with Crippen molar-refractivity contribution in [3.63, 3.8) is 0 Å². The lowest BCUT2D eigenvalue weighted by Crippen LogP contribution is -2.31. The van der Waals surface area contributed by atoms with Crippen molar-refractivity contribution >= 4 is 17.3 Å². The van der Waals surface area contributed by atoms with Crippen LogP contribution < -0.4 is 10.2 Å². The minimum Gasteiger partial charge on any atom is -0.367 e. The third kappa shape index (κ3) is 5.12. The Labute approximate surface area is 175 Å². The fraction of sp³-hybridized carbons (Fsp3) is 0.478. The maximum absolute atomic E-state index is 12.9. The van der Waals surface area contributed by atoms with Gasteiger partial charge in [0.2, 0.25) is 5.91 Å². The van der Waals surface area contributed by atoms with Gasteiger partial charge in [-0.2, -0.15) is 13.2 Å². The summed E-state index contributed by atoms with van der Waals surface area (Å²) >= 11 is 0. The van der Waals surface area contributed by atoms with Gasteiger partial charge < -0.3 is 10.2 Å². The van der Waals surface area contributed by atoms with E-state index in [9.17, 15) is 18.0 Å². The maximum Gasteiger partial charge on any atom is 0.433 e. The number of alkyl halides is 3. The second-order valence-electron chi connectivity index (χ2n) is 9.25. The fourth-order valence-corrected chi connectivity index (χ4v) is 3.80. The lowest BCUT2D eigenvalue weighted by molar-refractivity contribution is -0.141. The standard InChI is InChI=1S/C23H28F3N3O/c1-14-8-18(9-15(2)21(14)28-20(30)11-22(3,4)5)29-7-6-16-10-19(23(24,25)26)27-12-17(16)13-29/h8-10,12H,6-7,11,13H2,1-5H3,(H,28,30). The second-order valence-corrected chi connectivity index (χ2v) is 9.25. The molecule has 1 N–H and O–H groups in total. The number of fused-ring (bicyclic) bond motifs is 1. The summed E-state index contributed by atoms with van der Waals surface area (Å²) in [6.45, 7) is 11.1. The molecule has 0 bridgehead atoms. The molecule has 1 aromatic heterocycles. The molecule has 0 atom stereocenters. The molecule has 0 saturated heterocycles. The summed E-state index contributed by atoms with van der Waals surface area (Å²) in [5.74, 6) is -0.0140. The molecule has 0 radical (unpaired) electrons. The van der Waals surface area contributed by atoms with E-state index in [0.29, 0.717) is 31.5 Å². The average molecular weight is 419 g/mol. The second kappa shape index (κ2) is 7.93. The molecule has 3 rings (SSSR count). The number of hydrogen-bond donors (Lipinski definition) is 1. The molecule has 30 heavy (non-hydrogen) atoms. The lowest BCUT2D eigenvalue weighted by atomic mass is 9.92. The van der Waals surface area contributed by atoms with E-state index in [2.05, 4.69) is 15.2 Å². The zero-order valence-electron chi connectivity index (χ0n) is 18.1. The van der Waals surface area contributed by atoms with Crippen LogP contribution in [-0.2, 0) is 23.9 Å². The SMILES string of the molecule is Cc1cc(N2CCc3cc(C(F)(F)F)ncc3C2)cc(C)c1NC(=O)CC(C)(C)C. The number of hydrogen-bond acceptors (Lipinski definition) is 3. The van der Waals surface area contributed by atoms with Gasteiger partial charge in [-0.3, -0.25) is 9.78 Å². The van der Waals surface area contributed by atoms with E-state index in [4.69, 9.17) is 0 Å². The van der Waals surface area contributed by atoms with E-state index in [0.717, 1.165) is 34.1 Å². The van der Waals surface area contributed by atoms with Crippen LogP contribution in [0.3, 0.4) is 0 Å². The van der Waals surface area contributed by atoms with Crippen LogP contribution in [0.1, 0.15) is 55.1 Å². The normalized spacial score (nSPS) is 14.5. The molecule has 0 fully saturated rings. The van der Waals surface area contributed by atoms with Gasteiger partial charge in [0.25, 0.3) is 0 Å². The highest BCUT2D eigenvalue weighted by Crippen LogP contribution is 2.33. The maximum atomic E-state index is 12.9. The lowest BCUT2D eigenvalue weighted by Gasteiger charge is -2.32. The number of aromatic nitrogens is 1. The molecular weight excluding hydrogens is 391 g/mol. The van der Waals surface area contributed by atoms with Gasteiger partial charge in [0.15, 0.2) is 0 Å². The van der Waals surface area contributed by atoms with Gasteiger partial charge in [0.1, 0.15) is 5.69 Å². The van der Waals surface area contributed by atoms with Crippen LogP contribution in [0.4, 0.5) is 24.5 Å². The average Bonchev–Trinajstić information content (AvgIpc) is 2.61. The van der Waals surface area contributed by atoms with Crippen LogP contribution >= 0.6 is 0 Å². The smallest absolute Gasteiger partial charge is 0.367 e. The fourth-order valence-electron chi connectivity index (χ4n) is 3.80. The Morgan fingerprint density at radius 1 is 1.10 bits per heavy atom. The number of nitrogens with one attached hydrogen (secondary N) is 1. The first-order valence-electron chi connectivity index (χ1n) is 10.0. The quantitative estimate of drug-likeness (QED) is 0.699. The van der Waals surface area contributed by atoms with Crippen LogP contribution in [0.25, 0.3) is 0 Å². The van der Waals surface area contributed by atoms with Crippen molar-refractivity contribution in [2.45, 2.75) is 60.2 Å². The molecule has 162 valence electrons. The van der Waals surface area contributed by atoms with Gasteiger partial charge in [0, 0.05) is 37.1 Å². The third-order valence-corrected chi connectivity index (χ3v) is 5.22. The molecule has 4 nitrogen and oxygen atoms in total. The number of rotatable bonds is 3. The van der Waals surface area contributed by atoms with Crippen molar-refractivity contribution < 1.29 is 18.0 Å². The van der Waals surface area contributed by atoms with E-state index in [-0.39, 0.29) is 11.3 Å². The number of halogens is 3. The van der Waals surface area contributed by atoms with Crippen molar-refractivity contribution in [1.29, 1.82) is 0 Å². The van der Waals surface area contributed by atoms with Crippen molar-refractivity contribution in [2.24, 2.45) is 5.41 Å². The Kier molecular flexibility index (Phi) is 5.85. The molecule has 1 amide bonds. The van der Waals surface area contributed by atoms with Gasteiger partial charge >= 0.3 is 6.18 Å². The minimum atomic E-state index is -4.42. The third-order valence-electron chi connectivity index (χ3n) is 5.22. The van der Waals surface area contributed by atoms with E-state index in [1.54, 1.807) is 0 Å². The molecule has 2 heterocycles. The number of amides is 1. The number of pyridine rings is 1. The predicted octanol–water partition coefficient (Wildman–Crippen LogP) is 5.65. The molecule has 1 aromatic carbocycles. The van der Waals surface area contributed by atoms with Crippen LogP contribution in [0.2, 0.25) is 0 Å².